The molecule has 0 heterocycles. The zero-order valence-corrected chi connectivity index (χ0v) is 7.36. The minimum atomic E-state index is -0.0553. The number of aliphatic hydroxyl groups excluding tert-OH is 1. The summed E-state index contributed by atoms with van der Waals surface area (Å²) >= 11 is 0. The van der Waals surface area contributed by atoms with Crippen LogP contribution in [0.2, 0.25) is 0 Å². The molecule has 0 radical (unpaired) electrons. The van der Waals surface area contributed by atoms with Crippen molar-refractivity contribution in [3.8, 4) is 0 Å². The highest BCUT2D eigenvalue weighted by molar-refractivity contribution is 5.78. The molecular weight excluding hydrogens is 166 g/mol. The molecule has 0 unspecified atom stereocenters. The van der Waals surface area contributed by atoms with Crippen molar-refractivity contribution in [1.82, 2.24) is 5.32 Å². The summed E-state index contributed by atoms with van der Waals surface area (Å²) in [7, 11) is 0. The van der Waals surface area contributed by atoms with Crippen LogP contribution in [-0.4, -0.2) is 24.2 Å². The Kier molecular flexibility index (Phi) is 3.99. The van der Waals surface area contributed by atoms with Crippen molar-refractivity contribution in [1.29, 1.82) is 0 Å². The van der Waals surface area contributed by atoms with E-state index >= 15 is 0 Å². The van der Waals surface area contributed by atoms with Crippen molar-refractivity contribution in [3.63, 3.8) is 0 Å². The summed E-state index contributed by atoms with van der Waals surface area (Å²) in [5.74, 6) is -0.0553. The molecule has 0 aliphatic carbocycles. The van der Waals surface area contributed by atoms with Crippen LogP contribution in [0.15, 0.2) is 30.3 Å². The normalized spacial score (nSPS) is 9.62. The van der Waals surface area contributed by atoms with Gasteiger partial charge in [0.05, 0.1) is 13.0 Å². The van der Waals surface area contributed by atoms with E-state index in [-0.39, 0.29) is 12.5 Å². The maximum absolute atomic E-state index is 11.1. The molecule has 0 aliphatic heterocycles. The molecule has 0 saturated carbocycles. The van der Waals surface area contributed by atoms with Gasteiger partial charge in [0, 0.05) is 6.54 Å². The first-order valence-corrected chi connectivity index (χ1v) is 4.24. The van der Waals surface area contributed by atoms with Gasteiger partial charge in [0.1, 0.15) is 0 Å². The van der Waals surface area contributed by atoms with Crippen molar-refractivity contribution in [3.05, 3.63) is 35.9 Å². The minimum Gasteiger partial charge on any atom is -0.395 e. The van der Waals surface area contributed by atoms with E-state index in [4.69, 9.17) is 5.11 Å². The molecule has 0 aromatic heterocycles. The number of rotatable bonds is 4. The summed E-state index contributed by atoms with van der Waals surface area (Å²) in [6.45, 7) is 0.312. The van der Waals surface area contributed by atoms with E-state index in [1.807, 2.05) is 30.3 Å². The standard InChI is InChI=1S/C10H13NO2/c12-7-6-11-10(13)8-9-4-2-1-3-5-9/h1-5,12H,6-8H2,(H,11,13). The highest BCUT2D eigenvalue weighted by Crippen LogP contribution is 1.98. The zero-order valence-electron chi connectivity index (χ0n) is 7.36. The van der Waals surface area contributed by atoms with E-state index in [1.54, 1.807) is 0 Å². The lowest BCUT2D eigenvalue weighted by Crippen LogP contribution is -2.27. The maximum atomic E-state index is 11.1. The largest absolute Gasteiger partial charge is 0.395 e. The van der Waals surface area contributed by atoms with Crippen molar-refractivity contribution in [2.45, 2.75) is 6.42 Å². The Balaban J connectivity index is 2.37. The van der Waals surface area contributed by atoms with Gasteiger partial charge in [-0.15, -0.1) is 0 Å². The smallest absolute Gasteiger partial charge is 0.224 e. The molecule has 0 saturated heterocycles. The molecule has 1 rings (SSSR count). The third-order valence-corrected chi connectivity index (χ3v) is 1.64. The van der Waals surface area contributed by atoms with Crippen LogP contribution in [0.25, 0.3) is 0 Å². The first-order chi connectivity index (χ1) is 6.33. The highest BCUT2D eigenvalue weighted by atomic mass is 16.3. The van der Waals surface area contributed by atoms with Gasteiger partial charge in [-0.1, -0.05) is 30.3 Å². The Morgan fingerprint density at radius 3 is 2.62 bits per heavy atom. The lowest BCUT2D eigenvalue weighted by atomic mass is 10.1. The van der Waals surface area contributed by atoms with Crippen LogP contribution < -0.4 is 5.32 Å². The second-order valence-electron chi connectivity index (χ2n) is 2.74. The van der Waals surface area contributed by atoms with Crippen molar-refractivity contribution in [2.24, 2.45) is 0 Å². The number of aliphatic hydroxyl groups is 1. The van der Waals surface area contributed by atoms with Crippen molar-refractivity contribution >= 4 is 5.91 Å². The van der Waals surface area contributed by atoms with Crippen LogP contribution in [-0.2, 0) is 11.2 Å². The van der Waals surface area contributed by atoms with E-state index in [1.165, 1.54) is 0 Å². The molecule has 1 aromatic rings. The molecule has 0 atom stereocenters. The lowest BCUT2D eigenvalue weighted by molar-refractivity contribution is -0.120. The topological polar surface area (TPSA) is 49.3 Å². The van der Waals surface area contributed by atoms with Gasteiger partial charge in [-0.3, -0.25) is 4.79 Å². The third kappa shape index (κ3) is 3.71. The summed E-state index contributed by atoms with van der Waals surface area (Å²) in [5, 5.41) is 11.1. The Bertz CT molecular complexity index is 259. The van der Waals surface area contributed by atoms with Crippen LogP contribution in [0.4, 0.5) is 0 Å². The van der Waals surface area contributed by atoms with Gasteiger partial charge in [0.2, 0.25) is 5.91 Å². The fourth-order valence-electron chi connectivity index (χ4n) is 1.04. The molecule has 3 nitrogen and oxygen atoms in total. The third-order valence-electron chi connectivity index (χ3n) is 1.64. The average molecular weight is 179 g/mol. The molecule has 1 aromatic carbocycles. The second kappa shape index (κ2) is 5.32. The number of carbonyl (C=O) groups is 1. The Labute approximate surface area is 77.4 Å². The van der Waals surface area contributed by atoms with Crippen LogP contribution in [0.1, 0.15) is 5.56 Å². The zero-order chi connectivity index (χ0) is 9.52. The summed E-state index contributed by atoms with van der Waals surface area (Å²) < 4.78 is 0. The molecule has 2 N–H and O–H groups in total. The molecular formula is C10H13NO2. The van der Waals surface area contributed by atoms with Crippen LogP contribution >= 0.6 is 0 Å². The highest BCUT2D eigenvalue weighted by Gasteiger charge is 2.00. The quantitative estimate of drug-likeness (QED) is 0.700. The Morgan fingerprint density at radius 2 is 2.00 bits per heavy atom. The fraction of sp³-hybridized carbons (Fsp3) is 0.300. The van der Waals surface area contributed by atoms with E-state index in [9.17, 15) is 4.79 Å². The van der Waals surface area contributed by atoms with Gasteiger partial charge >= 0.3 is 0 Å². The van der Waals surface area contributed by atoms with E-state index < -0.39 is 0 Å². The van der Waals surface area contributed by atoms with E-state index in [2.05, 4.69) is 5.32 Å². The van der Waals surface area contributed by atoms with Crippen LogP contribution in [0.3, 0.4) is 0 Å². The van der Waals surface area contributed by atoms with Crippen LogP contribution in [0.5, 0.6) is 0 Å². The molecule has 0 spiro atoms. The van der Waals surface area contributed by atoms with Crippen molar-refractivity contribution < 1.29 is 9.90 Å². The van der Waals surface area contributed by atoms with Crippen molar-refractivity contribution in [2.75, 3.05) is 13.2 Å². The van der Waals surface area contributed by atoms with Gasteiger partial charge in [0.15, 0.2) is 0 Å². The molecule has 13 heavy (non-hydrogen) atoms. The van der Waals surface area contributed by atoms with Gasteiger partial charge in [0.25, 0.3) is 0 Å². The fourth-order valence-corrected chi connectivity index (χ4v) is 1.04. The Hall–Kier alpha value is -1.35. The number of nitrogens with one attached hydrogen (secondary N) is 1. The summed E-state index contributed by atoms with van der Waals surface area (Å²) in [6, 6.07) is 9.51. The number of hydrogen-bond donors (Lipinski definition) is 2. The number of carbonyl (C=O) groups excluding carboxylic acids is 1. The second-order valence-corrected chi connectivity index (χ2v) is 2.74. The first-order valence-electron chi connectivity index (χ1n) is 4.24. The van der Waals surface area contributed by atoms with Crippen LogP contribution in [0, 0.1) is 0 Å². The lowest BCUT2D eigenvalue weighted by Gasteiger charge is -2.02. The molecule has 3 heteroatoms. The van der Waals surface area contributed by atoms with Gasteiger partial charge < -0.3 is 10.4 Å². The maximum Gasteiger partial charge on any atom is 0.224 e. The Morgan fingerprint density at radius 1 is 1.31 bits per heavy atom. The SMILES string of the molecule is O=C(Cc1ccccc1)NCCO. The molecule has 1 amide bonds. The molecule has 70 valence electrons. The number of amides is 1. The summed E-state index contributed by atoms with van der Waals surface area (Å²) in [4.78, 5) is 11.1. The van der Waals surface area contributed by atoms with Gasteiger partial charge in [-0.2, -0.15) is 0 Å². The van der Waals surface area contributed by atoms with Gasteiger partial charge in [-0.05, 0) is 5.56 Å². The van der Waals surface area contributed by atoms with Gasteiger partial charge in [-0.25, -0.2) is 0 Å². The summed E-state index contributed by atoms with van der Waals surface area (Å²) in [5.41, 5.74) is 0.984. The van der Waals surface area contributed by atoms with E-state index in [0.29, 0.717) is 13.0 Å². The van der Waals surface area contributed by atoms with E-state index in [0.717, 1.165) is 5.56 Å². The summed E-state index contributed by atoms with van der Waals surface area (Å²) in [6.07, 6.45) is 0.376. The predicted molar refractivity (Wildman–Crippen MR) is 50.2 cm³/mol. The first kappa shape index (κ1) is 9.74. The average Bonchev–Trinajstić information content (AvgIpc) is 2.16. The molecule has 0 bridgehead atoms. The molecule has 0 fully saturated rings. The minimum absolute atomic E-state index is 0.0134. The predicted octanol–water partition coefficient (Wildman–Crippen LogP) is 0.338. The molecule has 0 aliphatic rings. The number of hydrogen-bond acceptors (Lipinski definition) is 2. The monoisotopic (exact) mass is 179 g/mol. The number of benzene rings is 1.